The topological polar surface area (TPSA) is 84.5 Å². The number of carbonyl (C=O) groups is 3. The van der Waals surface area contributed by atoms with Gasteiger partial charge in [0, 0.05) is 5.69 Å². The van der Waals surface area contributed by atoms with Crippen LogP contribution in [-0.4, -0.2) is 30.4 Å². The Labute approximate surface area is 156 Å². The molecule has 1 atom stereocenters. The van der Waals surface area contributed by atoms with Crippen LogP contribution in [0.3, 0.4) is 0 Å². The fraction of sp³-hybridized carbons (Fsp3) is 0.316. The molecule has 0 aliphatic heterocycles. The van der Waals surface area contributed by atoms with Crippen LogP contribution >= 0.6 is 11.3 Å². The van der Waals surface area contributed by atoms with Gasteiger partial charge in [0.25, 0.3) is 5.91 Å². The van der Waals surface area contributed by atoms with Crippen LogP contribution in [0.25, 0.3) is 0 Å². The molecular formula is C19H22N2O4S. The fourth-order valence-electron chi connectivity index (χ4n) is 2.28. The van der Waals surface area contributed by atoms with Crippen LogP contribution in [0, 0.1) is 5.92 Å². The van der Waals surface area contributed by atoms with E-state index in [1.165, 1.54) is 11.3 Å². The van der Waals surface area contributed by atoms with E-state index in [-0.39, 0.29) is 17.7 Å². The molecule has 0 radical (unpaired) electrons. The van der Waals surface area contributed by atoms with Crippen molar-refractivity contribution in [3.8, 4) is 0 Å². The number of thiophene rings is 1. The molecule has 2 amide bonds. The number of hydrogen-bond acceptors (Lipinski definition) is 5. The van der Waals surface area contributed by atoms with Crippen molar-refractivity contribution in [1.82, 2.24) is 5.32 Å². The van der Waals surface area contributed by atoms with Crippen LogP contribution in [0.1, 0.15) is 40.8 Å². The normalized spacial score (nSPS) is 11.7. The Morgan fingerprint density at radius 3 is 2.35 bits per heavy atom. The summed E-state index contributed by atoms with van der Waals surface area (Å²) in [5, 5.41) is 7.35. The molecule has 26 heavy (non-hydrogen) atoms. The van der Waals surface area contributed by atoms with Gasteiger partial charge in [-0.25, -0.2) is 4.79 Å². The Morgan fingerprint density at radius 2 is 1.81 bits per heavy atom. The smallest absolute Gasteiger partial charge is 0.338 e. The predicted octanol–water partition coefficient (Wildman–Crippen LogP) is 3.32. The van der Waals surface area contributed by atoms with Gasteiger partial charge in [-0.15, -0.1) is 11.3 Å². The number of anilines is 1. The van der Waals surface area contributed by atoms with Crippen molar-refractivity contribution in [2.45, 2.75) is 26.8 Å². The van der Waals surface area contributed by atoms with Gasteiger partial charge in [-0.1, -0.05) is 19.9 Å². The molecule has 6 nitrogen and oxygen atoms in total. The molecule has 7 heteroatoms. The van der Waals surface area contributed by atoms with E-state index >= 15 is 0 Å². The van der Waals surface area contributed by atoms with Crippen LogP contribution in [-0.2, 0) is 9.53 Å². The van der Waals surface area contributed by atoms with E-state index in [1.807, 2.05) is 19.2 Å². The first-order chi connectivity index (χ1) is 12.4. The summed E-state index contributed by atoms with van der Waals surface area (Å²) in [6.07, 6.45) is 0. The maximum atomic E-state index is 12.6. The van der Waals surface area contributed by atoms with Gasteiger partial charge in [0.15, 0.2) is 0 Å². The molecule has 0 saturated heterocycles. The average Bonchev–Trinajstić information content (AvgIpc) is 3.14. The molecule has 0 unspecified atom stereocenters. The number of benzene rings is 1. The van der Waals surface area contributed by atoms with Crippen molar-refractivity contribution in [2.75, 3.05) is 11.9 Å². The van der Waals surface area contributed by atoms with Gasteiger partial charge in [-0.3, -0.25) is 9.59 Å². The van der Waals surface area contributed by atoms with E-state index in [2.05, 4.69) is 10.6 Å². The molecule has 1 aromatic heterocycles. The summed E-state index contributed by atoms with van der Waals surface area (Å²) >= 11 is 1.32. The SMILES string of the molecule is CCOC(=O)c1ccc(NC(=O)[C@H](NC(=O)c2cccs2)C(C)C)cc1. The molecule has 0 fully saturated rings. The predicted molar refractivity (Wildman–Crippen MR) is 101 cm³/mol. The zero-order valence-electron chi connectivity index (χ0n) is 14.9. The molecule has 1 heterocycles. The maximum Gasteiger partial charge on any atom is 0.338 e. The van der Waals surface area contributed by atoms with Gasteiger partial charge in [0.2, 0.25) is 5.91 Å². The molecule has 2 aromatic rings. The number of hydrogen-bond donors (Lipinski definition) is 2. The van der Waals surface area contributed by atoms with Gasteiger partial charge in [0.1, 0.15) is 6.04 Å². The van der Waals surface area contributed by atoms with Crippen molar-refractivity contribution in [3.63, 3.8) is 0 Å². The first-order valence-electron chi connectivity index (χ1n) is 8.34. The largest absolute Gasteiger partial charge is 0.462 e. The third-order valence-electron chi connectivity index (χ3n) is 3.64. The highest BCUT2D eigenvalue weighted by molar-refractivity contribution is 7.12. The minimum atomic E-state index is -0.672. The lowest BCUT2D eigenvalue weighted by molar-refractivity contribution is -0.118. The third kappa shape index (κ3) is 5.16. The lowest BCUT2D eigenvalue weighted by Crippen LogP contribution is -2.46. The number of ether oxygens (including phenoxy) is 1. The Bertz CT molecular complexity index is 754. The van der Waals surface area contributed by atoms with Crippen molar-refractivity contribution in [2.24, 2.45) is 5.92 Å². The van der Waals surface area contributed by atoms with E-state index in [9.17, 15) is 14.4 Å². The minimum Gasteiger partial charge on any atom is -0.462 e. The van der Waals surface area contributed by atoms with Crippen LogP contribution in [0.15, 0.2) is 41.8 Å². The quantitative estimate of drug-likeness (QED) is 0.728. The van der Waals surface area contributed by atoms with Gasteiger partial charge in [-0.2, -0.15) is 0 Å². The Kier molecular flexibility index (Phi) is 6.91. The molecule has 2 N–H and O–H groups in total. The van der Waals surface area contributed by atoms with Crippen molar-refractivity contribution in [1.29, 1.82) is 0 Å². The van der Waals surface area contributed by atoms with E-state index < -0.39 is 12.0 Å². The van der Waals surface area contributed by atoms with Crippen molar-refractivity contribution >= 4 is 34.8 Å². The number of esters is 1. The fourth-order valence-corrected chi connectivity index (χ4v) is 2.91. The van der Waals surface area contributed by atoms with Gasteiger partial charge >= 0.3 is 5.97 Å². The van der Waals surface area contributed by atoms with E-state index in [0.29, 0.717) is 22.7 Å². The molecule has 138 valence electrons. The molecule has 0 aliphatic rings. The van der Waals surface area contributed by atoms with E-state index in [0.717, 1.165) is 0 Å². The number of amides is 2. The van der Waals surface area contributed by atoms with Crippen molar-refractivity contribution < 1.29 is 19.1 Å². The second-order valence-electron chi connectivity index (χ2n) is 5.96. The summed E-state index contributed by atoms with van der Waals surface area (Å²) in [6, 6.07) is 9.25. The first kappa shape index (κ1) is 19.7. The summed E-state index contributed by atoms with van der Waals surface area (Å²) in [7, 11) is 0. The van der Waals surface area contributed by atoms with Crippen LogP contribution in [0.5, 0.6) is 0 Å². The van der Waals surface area contributed by atoms with Crippen molar-refractivity contribution in [3.05, 3.63) is 52.2 Å². The van der Waals surface area contributed by atoms with E-state index in [1.54, 1.807) is 43.3 Å². The zero-order valence-corrected chi connectivity index (χ0v) is 15.8. The maximum absolute atomic E-state index is 12.6. The van der Waals surface area contributed by atoms with Gasteiger partial charge in [-0.05, 0) is 48.6 Å². The summed E-state index contributed by atoms with van der Waals surface area (Å²) in [5.74, 6) is -1.08. The van der Waals surface area contributed by atoms with Crippen LogP contribution in [0.2, 0.25) is 0 Å². The van der Waals surface area contributed by atoms with E-state index in [4.69, 9.17) is 4.74 Å². The molecule has 0 bridgehead atoms. The second kappa shape index (κ2) is 9.15. The highest BCUT2D eigenvalue weighted by atomic mass is 32.1. The molecule has 0 saturated carbocycles. The molecule has 2 rings (SSSR count). The number of carbonyl (C=O) groups excluding carboxylic acids is 3. The summed E-state index contributed by atoms with van der Waals surface area (Å²) in [5.41, 5.74) is 0.954. The summed E-state index contributed by atoms with van der Waals surface area (Å²) in [6.45, 7) is 5.77. The molecular weight excluding hydrogens is 352 g/mol. The van der Waals surface area contributed by atoms with Crippen LogP contribution in [0.4, 0.5) is 5.69 Å². The van der Waals surface area contributed by atoms with Crippen LogP contribution < -0.4 is 10.6 Å². The monoisotopic (exact) mass is 374 g/mol. The van der Waals surface area contributed by atoms with Gasteiger partial charge in [0.05, 0.1) is 17.0 Å². The summed E-state index contributed by atoms with van der Waals surface area (Å²) in [4.78, 5) is 37.0. The lowest BCUT2D eigenvalue weighted by atomic mass is 10.0. The Morgan fingerprint density at radius 1 is 1.12 bits per heavy atom. The number of rotatable bonds is 7. The minimum absolute atomic E-state index is 0.0854. The number of nitrogens with one attached hydrogen (secondary N) is 2. The Hall–Kier alpha value is -2.67. The molecule has 0 aliphatic carbocycles. The highest BCUT2D eigenvalue weighted by Gasteiger charge is 2.25. The Balaban J connectivity index is 2.03. The first-order valence-corrected chi connectivity index (χ1v) is 9.22. The summed E-state index contributed by atoms with van der Waals surface area (Å²) < 4.78 is 4.92. The highest BCUT2D eigenvalue weighted by Crippen LogP contribution is 2.14. The molecule has 0 spiro atoms. The van der Waals surface area contributed by atoms with Gasteiger partial charge < -0.3 is 15.4 Å². The lowest BCUT2D eigenvalue weighted by Gasteiger charge is -2.21. The zero-order chi connectivity index (χ0) is 19.1. The standard InChI is InChI=1S/C19H22N2O4S/c1-4-25-19(24)13-7-9-14(10-8-13)20-18(23)16(12(2)3)21-17(22)15-6-5-11-26-15/h5-12,16H,4H2,1-3H3,(H,20,23)(H,21,22)/t16-/m1/s1. The molecule has 1 aromatic carbocycles. The second-order valence-corrected chi connectivity index (χ2v) is 6.91. The third-order valence-corrected chi connectivity index (χ3v) is 4.51. The average molecular weight is 374 g/mol.